The van der Waals surface area contributed by atoms with Crippen molar-refractivity contribution in [2.75, 3.05) is 0 Å². The van der Waals surface area contributed by atoms with Gasteiger partial charge in [-0.1, -0.05) is 0 Å². The van der Waals surface area contributed by atoms with E-state index < -0.39 is 6.04 Å². The van der Waals surface area contributed by atoms with Crippen molar-refractivity contribution in [3.63, 3.8) is 0 Å². The van der Waals surface area contributed by atoms with Gasteiger partial charge in [0.2, 0.25) is 0 Å². The molecule has 4 nitrogen and oxygen atoms in total. The Hall–Kier alpha value is -1.45. The molecule has 2 heterocycles. The van der Waals surface area contributed by atoms with Crippen LogP contribution in [0.1, 0.15) is 6.92 Å². The number of allylic oxidation sites excluding steroid dienone is 1. The van der Waals surface area contributed by atoms with Crippen molar-refractivity contribution >= 4 is 18.0 Å². The Kier molecular flexibility index (Phi) is 1.15. The number of nitrogens with one attached hydrogen (secondary N) is 1. The van der Waals surface area contributed by atoms with Crippen LogP contribution in [0.3, 0.4) is 0 Å². The predicted molar refractivity (Wildman–Crippen MR) is 41.6 cm³/mol. The quantitative estimate of drug-likeness (QED) is 0.521. The first kappa shape index (κ1) is 6.27. The largest absolute Gasteiger partial charge is 0.345 e. The summed E-state index contributed by atoms with van der Waals surface area (Å²) >= 11 is 0. The van der Waals surface area contributed by atoms with Crippen molar-refractivity contribution in [2.45, 2.75) is 13.0 Å². The van der Waals surface area contributed by atoms with Gasteiger partial charge in [0.05, 0.1) is 0 Å². The highest BCUT2D eigenvalue weighted by Crippen LogP contribution is 2.09. The first-order valence-electron chi connectivity index (χ1n) is 3.36. The number of hydrogen-bond acceptors (Lipinski definition) is 4. The van der Waals surface area contributed by atoms with Crippen LogP contribution in [0.5, 0.6) is 0 Å². The Morgan fingerprint density at radius 2 is 2.45 bits per heavy atom. The summed E-state index contributed by atoms with van der Waals surface area (Å²) in [5.74, 6) is 0.656. The summed E-state index contributed by atoms with van der Waals surface area (Å²) < 4.78 is 0. The van der Waals surface area contributed by atoms with Gasteiger partial charge in [0.1, 0.15) is 12.2 Å². The predicted octanol–water partition coefficient (Wildman–Crippen LogP) is -0.129. The van der Waals surface area contributed by atoms with Crippen molar-refractivity contribution in [3.05, 3.63) is 11.8 Å². The minimum atomic E-state index is -0.390. The standard InChI is InChI=1S/C7H7N3O/c1-4-2-5(11)6-7(10-4)9-3-8-6/h2-3,6H,1H3,(H,8,9,10). The van der Waals surface area contributed by atoms with Gasteiger partial charge in [-0.2, -0.15) is 0 Å². The molecular formula is C7H7N3O. The highest BCUT2D eigenvalue weighted by molar-refractivity contribution is 6.19. The molecule has 11 heavy (non-hydrogen) atoms. The molecule has 0 aromatic carbocycles. The van der Waals surface area contributed by atoms with Crippen LogP contribution in [-0.4, -0.2) is 24.0 Å². The molecule has 4 heteroatoms. The van der Waals surface area contributed by atoms with E-state index in [4.69, 9.17) is 0 Å². The Morgan fingerprint density at radius 1 is 1.64 bits per heavy atom. The highest BCUT2D eigenvalue weighted by atomic mass is 16.1. The summed E-state index contributed by atoms with van der Waals surface area (Å²) in [6, 6.07) is -0.390. The SMILES string of the molecule is CC1=CC(=O)C2N=CN=C2N1. The zero-order chi connectivity index (χ0) is 7.84. The molecule has 0 radical (unpaired) electrons. The average Bonchev–Trinajstić information content (AvgIpc) is 2.34. The molecule has 0 saturated heterocycles. The fourth-order valence-corrected chi connectivity index (χ4v) is 1.14. The van der Waals surface area contributed by atoms with Gasteiger partial charge in [0.25, 0.3) is 0 Å². The maximum Gasteiger partial charge on any atom is 0.189 e. The lowest BCUT2D eigenvalue weighted by molar-refractivity contribution is -0.114. The molecule has 0 amide bonds. The lowest BCUT2D eigenvalue weighted by atomic mass is 10.1. The topological polar surface area (TPSA) is 53.8 Å². The molecule has 2 aliphatic heterocycles. The fraction of sp³-hybridized carbons (Fsp3) is 0.286. The normalized spacial score (nSPS) is 27.4. The zero-order valence-corrected chi connectivity index (χ0v) is 6.03. The first-order chi connectivity index (χ1) is 5.27. The molecule has 0 aromatic rings. The fourth-order valence-electron chi connectivity index (χ4n) is 1.14. The summed E-state index contributed by atoms with van der Waals surface area (Å²) in [7, 11) is 0. The van der Waals surface area contributed by atoms with Crippen LogP contribution in [0.15, 0.2) is 21.8 Å². The Labute approximate surface area is 63.7 Å². The van der Waals surface area contributed by atoms with Gasteiger partial charge in [-0.25, -0.2) is 4.99 Å². The molecule has 1 atom stereocenters. The Bertz CT molecular complexity index is 301. The van der Waals surface area contributed by atoms with Crippen LogP contribution >= 0.6 is 0 Å². The number of hydrogen-bond donors (Lipinski definition) is 1. The molecule has 0 spiro atoms. The molecule has 2 aliphatic rings. The van der Waals surface area contributed by atoms with Gasteiger partial charge in [0.15, 0.2) is 11.8 Å². The van der Waals surface area contributed by atoms with Gasteiger partial charge in [-0.3, -0.25) is 9.79 Å². The number of carbonyl (C=O) groups is 1. The molecule has 56 valence electrons. The van der Waals surface area contributed by atoms with Crippen LogP contribution < -0.4 is 5.32 Å². The van der Waals surface area contributed by atoms with Crippen LogP contribution in [0, 0.1) is 0 Å². The summed E-state index contributed by atoms with van der Waals surface area (Å²) in [5.41, 5.74) is 0.829. The average molecular weight is 149 g/mol. The second kappa shape index (κ2) is 2.02. The molecule has 0 saturated carbocycles. The van der Waals surface area contributed by atoms with Crippen molar-refractivity contribution < 1.29 is 4.79 Å². The molecule has 0 aliphatic carbocycles. The van der Waals surface area contributed by atoms with Crippen LogP contribution in [0.2, 0.25) is 0 Å². The summed E-state index contributed by atoms with van der Waals surface area (Å²) in [6.45, 7) is 1.83. The monoisotopic (exact) mass is 149 g/mol. The highest BCUT2D eigenvalue weighted by Gasteiger charge is 2.28. The third-order valence-corrected chi connectivity index (χ3v) is 1.63. The van der Waals surface area contributed by atoms with E-state index in [9.17, 15) is 4.79 Å². The molecule has 1 unspecified atom stereocenters. The van der Waals surface area contributed by atoms with Gasteiger partial charge in [-0.05, 0) is 6.92 Å². The number of carbonyl (C=O) groups excluding carboxylic acids is 1. The molecule has 0 aromatic heterocycles. The van der Waals surface area contributed by atoms with E-state index in [0.717, 1.165) is 5.70 Å². The van der Waals surface area contributed by atoms with Crippen molar-refractivity contribution in [1.82, 2.24) is 5.32 Å². The van der Waals surface area contributed by atoms with Crippen molar-refractivity contribution in [1.29, 1.82) is 0 Å². The van der Waals surface area contributed by atoms with Gasteiger partial charge >= 0.3 is 0 Å². The Morgan fingerprint density at radius 3 is 3.27 bits per heavy atom. The molecular weight excluding hydrogens is 142 g/mol. The second-order valence-electron chi connectivity index (χ2n) is 2.54. The number of amidine groups is 1. The molecule has 1 N–H and O–H groups in total. The van der Waals surface area contributed by atoms with Crippen LogP contribution in [-0.2, 0) is 4.79 Å². The van der Waals surface area contributed by atoms with E-state index in [1.54, 1.807) is 6.08 Å². The van der Waals surface area contributed by atoms with E-state index in [1.165, 1.54) is 6.34 Å². The smallest absolute Gasteiger partial charge is 0.189 e. The number of rotatable bonds is 0. The number of aliphatic imine (C=N–C) groups is 2. The van der Waals surface area contributed by atoms with E-state index in [0.29, 0.717) is 5.84 Å². The minimum Gasteiger partial charge on any atom is -0.345 e. The number of ketones is 1. The first-order valence-corrected chi connectivity index (χ1v) is 3.36. The maximum atomic E-state index is 11.2. The zero-order valence-electron chi connectivity index (χ0n) is 6.03. The van der Waals surface area contributed by atoms with Gasteiger partial charge < -0.3 is 5.32 Å². The summed E-state index contributed by atoms with van der Waals surface area (Å²) in [6.07, 6.45) is 2.96. The van der Waals surface area contributed by atoms with E-state index in [2.05, 4.69) is 15.3 Å². The lowest BCUT2D eigenvalue weighted by Crippen LogP contribution is -2.39. The number of nitrogens with zero attached hydrogens (tertiary/aromatic N) is 2. The summed E-state index contributed by atoms with van der Waals surface area (Å²) in [4.78, 5) is 19.0. The van der Waals surface area contributed by atoms with Crippen molar-refractivity contribution in [3.8, 4) is 0 Å². The third-order valence-electron chi connectivity index (χ3n) is 1.63. The maximum absolute atomic E-state index is 11.2. The minimum absolute atomic E-state index is 0.00810. The van der Waals surface area contributed by atoms with Gasteiger partial charge in [0, 0.05) is 11.8 Å². The third kappa shape index (κ3) is 0.869. The molecule has 0 fully saturated rings. The van der Waals surface area contributed by atoms with E-state index >= 15 is 0 Å². The Balaban J connectivity index is 2.39. The van der Waals surface area contributed by atoms with Crippen LogP contribution in [0.25, 0.3) is 0 Å². The van der Waals surface area contributed by atoms with Crippen LogP contribution in [0.4, 0.5) is 0 Å². The molecule has 0 bridgehead atoms. The number of fused-ring (bicyclic) bond motifs is 1. The second-order valence-corrected chi connectivity index (χ2v) is 2.54. The molecule has 2 rings (SSSR count). The van der Waals surface area contributed by atoms with Crippen molar-refractivity contribution in [2.24, 2.45) is 9.98 Å². The van der Waals surface area contributed by atoms with E-state index in [1.807, 2.05) is 6.92 Å². The van der Waals surface area contributed by atoms with Gasteiger partial charge in [-0.15, -0.1) is 0 Å². The lowest BCUT2D eigenvalue weighted by Gasteiger charge is -2.15. The summed E-state index contributed by atoms with van der Waals surface area (Å²) in [5, 5.41) is 2.97. The van der Waals surface area contributed by atoms with E-state index in [-0.39, 0.29) is 5.78 Å².